The fraction of sp³-hybridized carbons (Fsp3) is 0.111. The average Bonchev–Trinajstić information content (AvgIpc) is 2.10. The minimum Gasteiger partial charge on any atom is -0.355 e. The van der Waals surface area contributed by atoms with E-state index in [-0.39, 0.29) is 29.0 Å². The molecule has 0 radical (unpaired) electrons. The first-order valence-electron chi connectivity index (χ1n) is 31.5. The van der Waals surface area contributed by atoms with Gasteiger partial charge >= 0.3 is 0 Å². The van der Waals surface area contributed by atoms with Crippen molar-refractivity contribution in [3.8, 4) is 0 Å². The lowest BCUT2D eigenvalue weighted by atomic mass is 9.80. The Hall–Kier alpha value is -11.8. The van der Waals surface area contributed by atoms with Gasteiger partial charge in [0.2, 0.25) is 0 Å². The van der Waals surface area contributed by atoms with Gasteiger partial charge in [-0.1, -0.05) is 142 Å². The summed E-state index contributed by atoms with van der Waals surface area (Å²) in [6, 6.07) is 79.0. The SMILES string of the molecule is CCc1cccc(C(=O)Nc2cccc(C3=c4ccc([nH]4)=C(Cc4ccccc4NC(=O)c4cccc(C)c4)c4ccc([nH]4)C4=c5ccc([nH]5)=C(c5ccc3[nH]5)c3ccccc3NC(=O)c3cccc(c3)CC(C)(C)Cc3cccc(c3)C(=O)Nc3ccccc34)c2)c1. The van der Waals surface area contributed by atoms with Gasteiger partial charge in [0, 0.05) is 129 Å². The predicted molar refractivity (Wildman–Crippen MR) is 371 cm³/mol. The fourth-order valence-electron chi connectivity index (χ4n) is 13.1. The summed E-state index contributed by atoms with van der Waals surface area (Å²) in [6.07, 6.45) is 2.54. The number of fused-ring (bicyclic) bond motifs is 16. The number of aromatic amines is 4. The Balaban J connectivity index is 1.01. The van der Waals surface area contributed by atoms with Crippen LogP contribution in [0.2, 0.25) is 0 Å². The Morgan fingerprint density at radius 1 is 0.441 bits per heavy atom. The van der Waals surface area contributed by atoms with E-state index in [2.05, 4.69) is 123 Å². The van der Waals surface area contributed by atoms with Crippen molar-refractivity contribution in [2.75, 3.05) is 21.3 Å². The largest absolute Gasteiger partial charge is 0.355 e. The maximum Gasteiger partial charge on any atom is 0.255 e. The number of nitrogens with one attached hydrogen (secondary N) is 8. The van der Waals surface area contributed by atoms with E-state index >= 15 is 0 Å². The molecule has 0 unspecified atom stereocenters. The van der Waals surface area contributed by atoms with Crippen molar-refractivity contribution in [1.29, 1.82) is 0 Å². The highest BCUT2D eigenvalue weighted by Gasteiger charge is 2.25. The summed E-state index contributed by atoms with van der Waals surface area (Å²) in [5.41, 5.74) is 18.0. The normalized spacial score (nSPS) is 13.7. The van der Waals surface area contributed by atoms with Crippen LogP contribution in [-0.2, 0) is 25.7 Å². The molecular formula is C81H68N8O4. The second kappa shape index (κ2) is 24.9. The number of anilines is 4. The van der Waals surface area contributed by atoms with E-state index in [1.807, 2.05) is 189 Å². The van der Waals surface area contributed by atoms with Crippen LogP contribution in [0.1, 0.15) is 129 Å². The second-order valence-electron chi connectivity index (χ2n) is 24.9. The monoisotopic (exact) mass is 1220 g/mol. The number of benzene rings is 8. The molecule has 0 atom stereocenters. The van der Waals surface area contributed by atoms with Gasteiger partial charge in [0.1, 0.15) is 0 Å². The number of hydrogen-bond donors (Lipinski definition) is 8. The molecule has 93 heavy (non-hydrogen) atoms. The van der Waals surface area contributed by atoms with Crippen LogP contribution in [-0.4, -0.2) is 43.6 Å². The van der Waals surface area contributed by atoms with Crippen molar-refractivity contribution >= 4 is 68.7 Å². The number of amides is 4. The second-order valence-corrected chi connectivity index (χ2v) is 24.9. The summed E-state index contributed by atoms with van der Waals surface area (Å²) in [4.78, 5) is 73.2. The minimum atomic E-state index is -0.249. The number of para-hydroxylation sites is 3. The van der Waals surface area contributed by atoms with Gasteiger partial charge in [-0.25, -0.2) is 0 Å². The molecule has 6 heterocycles. The molecule has 12 nitrogen and oxygen atoms in total. The molecule has 4 amide bonds. The molecule has 12 aromatic rings. The minimum absolute atomic E-state index is 0.216. The van der Waals surface area contributed by atoms with Gasteiger partial charge in [0.25, 0.3) is 23.6 Å². The molecule has 2 aliphatic heterocycles. The molecule has 8 aromatic carbocycles. The first kappa shape index (κ1) is 58.9. The molecule has 0 saturated carbocycles. The zero-order chi connectivity index (χ0) is 63.7. The third-order valence-corrected chi connectivity index (χ3v) is 17.6. The third-order valence-electron chi connectivity index (χ3n) is 17.6. The molecular weight excluding hydrogens is 1150 g/mol. The van der Waals surface area contributed by atoms with E-state index in [1.54, 1.807) is 0 Å². The molecule has 14 rings (SSSR count). The van der Waals surface area contributed by atoms with Gasteiger partial charge in [-0.05, 0) is 187 Å². The molecule has 0 saturated heterocycles. The van der Waals surface area contributed by atoms with Crippen molar-refractivity contribution in [2.24, 2.45) is 5.41 Å². The number of carbonyl (C=O) groups is 4. The van der Waals surface area contributed by atoms with Crippen LogP contribution in [0.25, 0.3) is 22.3 Å². The number of aryl methyl sites for hydroxylation is 2. The van der Waals surface area contributed by atoms with Crippen LogP contribution in [0.15, 0.2) is 243 Å². The maximum atomic E-state index is 14.8. The van der Waals surface area contributed by atoms with E-state index in [4.69, 9.17) is 0 Å². The van der Waals surface area contributed by atoms with E-state index in [0.717, 1.165) is 117 Å². The fourth-order valence-corrected chi connectivity index (χ4v) is 13.1. The maximum absolute atomic E-state index is 14.8. The lowest BCUT2D eigenvalue weighted by molar-refractivity contribution is 0.101. The zero-order valence-corrected chi connectivity index (χ0v) is 52.1. The van der Waals surface area contributed by atoms with Gasteiger partial charge in [-0.2, -0.15) is 0 Å². The quantitative estimate of drug-likeness (QED) is 0.0755. The van der Waals surface area contributed by atoms with Gasteiger partial charge in [0.05, 0.1) is 0 Å². The highest BCUT2D eigenvalue weighted by molar-refractivity contribution is 6.08. The molecule has 12 heteroatoms. The van der Waals surface area contributed by atoms with Crippen LogP contribution in [0.5, 0.6) is 0 Å². The summed E-state index contributed by atoms with van der Waals surface area (Å²) >= 11 is 0. The average molecular weight is 1220 g/mol. The smallest absolute Gasteiger partial charge is 0.255 e. The van der Waals surface area contributed by atoms with Crippen LogP contribution >= 0.6 is 0 Å². The van der Waals surface area contributed by atoms with Gasteiger partial charge in [-0.15, -0.1) is 0 Å². The van der Waals surface area contributed by atoms with Crippen LogP contribution < -0.4 is 42.7 Å². The predicted octanol–water partition coefficient (Wildman–Crippen LogP) is 13.5. The summed E-state index contributed by atoms with van der Waals surface area (Å²) in [6.45, 7) is 8.47. The van der Waals surface area contributed by atoms with Gasteiger partial charge in [0.15, 0.2) is 0 Å². The summed E-state index contributed by atoms with van der Waals surface area (Å²) in [7, 11) is 0. The van der Waals surface area contributed by atoms with Crippen molar-refractivity contribution in [3.05, 3.63) is 354 Å². The van der Waals surface area contributed by atoms with E-state index in [0.29, 0.717) is 64.3 Å². The lowest BCUT2D eigenvalue weighted by Crippen LogP contribution is -2.21. The number of H-pyrrole nitrogens is 4. The molecule has 4 aromatic heterocycles. The highest BCUT2D eigenvalue weighted by atomic mass is 16.2. The zero-order valence-electron chi connectivity index (χ0n) is 52.1. The summed E-state index contributed by atoms with van der Waals surface area (Å²) in [5.74, 6) is -0.930. The Kier molecular flexibility index (Phi) is 15.8. The van der Waals surface area contributed by atoms with Gasteiger partial charge in [-0.3, -0.25) is 19.2 Å². The van der Waals surface area contributed by atoms with Crippen molar-refractivity contribution in [3.63, 3.8) is 0 Å². The number of rotatable bonds is 8. The number of aromatic nitrogens is 4. The number of hydrogen-bond acceptors (Lipinski definition) is 4. The van der Waals surface area contributed by atoms with E-state index in [1.165, 1.54) is 0 Å². The van der Waals surface area contributed by atoms with Crippen LogP contribution in [0.4, 0.5) is 22.7 Å². The van der Waals surface area contributed by atoms with Crippen LogP contribution in [0.3, 0.4) is 0 Å². The Bertz CT molecular complexity index is 5220. The molecule has 0 fully saturated rings. The molecule has 14 bridgehead atoms. The topological polar surface area (TPSA) is 180 Å². The third kappa shape index (κ3) is 12.4. The Morgan fingerprint density at radius 3 is 1.59 bits per heavy atom. The molecule has 8 N–H and O–H groups in total. The van der Waals surface area contributed by atoms with Crippen LogP contribution in [0, 0.1) is 12.3 Å². The summed E-state index contributed by atoms with van der Waals surface area (Å²) in [5, 5.41) is 16.2. The number of carbonyl (C=O) groups excluding carboxylic acids is 4. The Labute approximate surface area is 538 Å². The molecule has 456 valence electrons. The van der Waals surface area contributed by atoms with E-state index < -0.39 is 0 Å². The van der Waals surface area contributed by atoms with Crippen molar-refractivity contribution in [2.45, 2.75) is 53.4 Å². The lowest BCUT2D eigenvalue weighted by Gasteiger charge is -2.25. The first-order chi connectivity index (χ1) is 45.3. The summed E-state index contributed by atoms with van der Waals surface area (Å²) < 4.78 is 0. The van der Waals surface area contributed by atoms with Crippen molar-refractivity contribution in [1.82, 2.24) is 19.9 Å². The first-order valence-corrected chi connectivity index (χ1v) is 31.5. The standard InChI is InChI=1S/C81H68N8O4/c1-5-50-18-13-24-56(42-50)77(90)82-59-27-16-22-54(45-59)74-68-35-33-66(83-68)62(46-53-21-6-9-30-63(53)87-78(91)55-23-12-17-49(2)41-55)67-34-36-70(84-67)75-60-28-7-10-31-64(60)88-79(92)57-25-14-19-51(43-57)47-81(3,4)48-52-20-15-26-58(44-52)80(93)89-65-32-11-8-29-61(65)76(71-38-37-69(74)85-71)73-40-39-72(75)86-73/h6-45,83-86H,5,46-48H2,1-4H3,(H,82,90)(H,87,91)(H,88,92)(H,89,93). The van der Waals surface area contributed by atoms with Gasteiger partial charge < -0.3 is 41.2 Å². The van der Waals surface area contributed by atoms with E-state index in [9.17, 15) is 19.2 Å². The highest BCUT2D eigenvalue weighted by Crippen LogP contribution is 2.35. The Morgan fingerprint density at radius 2 is 0.946 bits per heavy atom. The van der Waals surface area contributed by atoms with Crippen molar-refractivity contribution < 1.29 is 19.2 Å². The molecule has 0 spiro atoms. The molecule has 0 aliphatic carbocycles. The molecule has 2 aliphatic rings.